The van der Waals surface area contributed by atoms with Gasteiger partial charge in [-0.1, -0.05) is 72.2 Å². The van der Waals surface area contributed by atoms with Crippen molar-refractivity contribution < 1.29 is 33.8 Å². The van der Waals surface area contributed by atoms with Crippen LogP contribution in [0, 0.1) is 56.2 Å². The minimum Gasteiger partial charge on any atom is -0.481 e. The highest BCUT2D eigenvalue weighted by molar-refractivity contribution is 6.30. The lowest BCUT2D eigenvalue weighted by molar-refractivity contribution is -0.235. The van der Waals surface area contributed by atoms with Gasteiger partial charge in [-0.05, 0) is 148 Å². The molecule has 0 bridgehead atoms. The summed E-state index contributed by atoms with van der Waals surface area (Å²) in [6.45, 7) is 24.0. The van der Waals surface area contributed by atoms with E-state index >= 15 is 0 Å². The van der Waals surface area contributed by atoms with Crippen LogP contribution in [0.25, 0.3) is 0 Å². The monoisotopic (exact) mass is 851 g/mol. The van der Waals surface area contributed by atoms with Gasteiger partial charge in [-0.25, -0.2) is 0 Å². The molecule has 0 heterocycles. The molecule has 0 aliphatic heterocycles. The number of hydrogen-bond acceptors (Lipinski definition) is 8. The molecule has 0 amide bonds. The molecule has 60 heavy (non-hydrogen) atoms. The Bertz CT molecular complexity index is 1850. The summed E-state index contributed by atoms with van der Waals surface area (Å²) in [6, 6.07) is 7.98. The van der Waals surface area contributed by atoms with Crippen LogP contribution >= 0.6 is 11.6 Å². The molecule has 1 unspecified atom stereocenters. The van der Waals surface area contributed by atoms with Crippen molar-refractivity contribution in [3.05, 3.63) is 46.0 Å². The first-order chi connectivity index (χ1) is 27.8. The highest BCUT2D eigenvalue weighted by Crippen LogP contribution is 2.77. The number of ketones is 1. The average Bonchev–Trinajstić information content (AvgIpc) is 3.45. The first kappa shape index (κ1) is 46.7. The topological polar surface area (TPSA) is 113 Å². The van der Waals surface area contributed by atoms with Gasteiger partial charge < -0.3 is 19.5 Å². The lowest BCUT2D eigenvalue weighted by Crippen LogP contribution is -2.66. The Labute approximate surface area is 365 Å². The second-order valence-corrected chi connectivity index (χ2v) is 22.8. The summed E-state index contributed by atoms with van der Waals surface area (Å²) in [4.78, 5) is 57.4. The quantitative estimate of drug-likeness (QED) is 0.183. The molecule has 4 fully saturated rings. The second kappa shape index (κ2) is 16.7. The molecule has 0 spiro atoms. The number of fused-ring (bicyclic) bond motifs is 7. The number of hydrogen-bond donors (Lipinski definition) is 1. The van der Waals surface area contributed by atoms with Crippen LogP contribution in [-0.4, -0.2) is 84.5 Å². The van der Waals surface area contributed by atoms with Crippen molar-refractivity contribution in [1.82, 2.24) is 9.80 Å². The first-order valence-corrected chi connectivity index (χ1v) is 23.2. The summed E-state index contributed by atoms with van der Waals surface area (Å²) in [6.07, 6.45) is 7.11. The zero-order valence-electron chi connectivity index (χ0n) is 38.8. The number of carbonyl (C=O) groups is 4. The lowest BCUT2D eigenvalue weighted by Gasteiger charge is -2.72. The molecule has 10 heteroatoms. The predicted octanol–water partition coefficient (Wildman–Crippen LogP) is 10.0. The summed E-state index contributed by atoms with van der Waals surface area (Å²) in [5, 5.41) is 10.4. The van der Waals surface area contributed by atoms with E-state index in [1.807, 2.05) is 12.1 Å². The van der Waals surface area contributed by atoms with Crippen LogP contribution < -0.4 is 0 Å². The SMILES string of the molecule is CC(=O)O[C@H](CN(CCN(C)C)Cc1ccc(Cl)cc1)[C@@]12CC[C@]3(C)[C@H](CC[C@@H]4[C@@]5(C)CC[C@H](OC(=O)CC(C)(C)C(=O)O)C(C)(C)C5CC[C@]43C)C1=C(C(C)C)C(=O)C2. The number of Topliss-reactive ketones (excluding diaryl/α,β-unsaturated/α-hetero) is 1. The minimum atomic E-state index is -1.18. The largest absolute Gasteiger partial charge is 0.481 e. The molecule has 0 aromatic heterocycles. The van der Waals surface area contributed by atoms with E-state index in [-0.39, 0.29) is 57.8 Å². The molecule has 1 aromatic carbocycles. The zero-order valence-corrected chi connectivity index (χ0v) is 39.6. The maximum atomic E-state index is 14.6. The van der Waals surface area contributed by atoms with Gasteiger partial charge in [0.05, 0.1) is 11.8 Å². The third-order valence-corrected chi connectivity index (χ3v) is 17.6. The smallest absolute Gasteiger partial charge is 0.309 e. The van der Waals surface area contributed by atoms with Gasteiger partial charge in [0.1, 0.15) is 12.2 Å². The van der Waals surface area contributed by atoms with Crippen molar-refractivity contribution in [2.24, 2.45) is 56.2 Å². The number of allylic oxidation sites excluding steroid dienone is 1. The molecule has 1 N–H and O–H groups in total. The van der Waals surface area contributed by atoms with E-state index in [4.69, 9.17) is 21.1 Å². The first-order valence-electron chi connectivity index (χ1n) is 22.8. The lowest BCUT2D eigenvalue weighted by atomic mass is 9.33. The second-order valence-electron chi connectivity index (χ2n) is 22.3. The average molecular weight is 852 g/mol. The molecule has 334 valence electrons. The van der Waals surface area contributed by atoms with Gasteiger partial charge in [0, 0.05) is 55.4 Å². The van der Waals surface area contributed by atoms with Gasteiger partial charge in [-0.15, -0.1) is 0 Å². The molecule has 1 aromatic rings. The molecule has 5 aliphatic carbocycles. The maximum Gasteiger partial charge on any atom is 0.309 e. The normalized spacial score (nSPS) is 34.2. The van der Waals surface area contributed by atoms with Crippen LogP contribution in [0.4, 0.5) is 0 Å². The third-order valence-electron chi connectivity index (χ3n) is 17.4. The summed E-state index contributed by atoms with van der Waals surface area (Å²) >= 11 is 6.28. The molecule has 6 rings (SSSR count). The summed E-state index contributed by atoms with van der Waals surface area (Å²) in [5.41, 5.74) is 1.36. The van der Waals surface area contributed by atoms with E-state index in [9.17, 15) is 24.3 Å². The summed E-state index contributed by atoms with van der Waals surface area (Å²) < 4.78 is 12.7. The Balaban J connectivity index is 1.33. The van der Waals surface area contributed by atoms with Gasteiger partial charge >= 0.3 is 17.9 Å². The molecule has 4 saturated carbocycles. The van der Waals surface area contributed by atoms with Crippen molar-refractivity contribution in [1.29, 1.82) is 0 Å². The van der Waals surface area contributed by atoms with Crippen molar-refractivity contribution in [3.63, 3.8) is 0 Å². The van der Waals surface area contributed by atoms with Gasteiger partial charge in [0.25, 0.3) is 0 Å². The third kappa shape index (κ3) is 8.15. The van der Waals surface area contributed by atoms with E-state index in [1.165, 1.54) is 12.5 Å². The number of carboxylic acid groups (broad SMARTS) is 1. The highest BCUT2D eigenvalue weighted by Gasteiger charge is 2.71. The Morgan fingerprint density at radius 3 is 2.17 bits per heavy atom. The van der Waals surface area contributed by atoms with Gasteiger partial charge in [0.2, 0.25) is 0 Å². The Kier molecular flexibility index (Phi) is 13.0. The standard InChI is InChI=1S/C50H75ClN2O7/c1-31(2)42-36(55)27-50(40(59-32(3)54)30-53(26-25-52(11)12)29-33-13-15-34(51)16-14-33)24-23-48(9)35(43(42)50)17-18-38-47(8)21-20-39(60-41(56)28-45(4,5)44(57)58)46(6,7)37(47)19-22-49(38,48)10/h13-16,31,35,37-40H,17-30H2,1-12H3,(H,57,58)/t35-,37?,38-,39+,40-,47+,48-,49-,50+/m1/s1. The summed E-state index contributed by atoms with van der Waals surface area (Å²) in [5.74, 6) is -0.457. The summed E-state index contributed by atoms with van der Waals surface area (Å²) in [7, 11) is 4.15. The number of aliphatic carboxylic acids is 1. The number of benzene rings is 1. The van der Waals surface area contributed by atoms with Crippen molar-refractivity contribution >= 4 is 35.3 Å². The van der Waals surface area contributed by atoms with Gasteiger partial charge in [0.15, 0.2) is 5.78 Å². The molecular weight excluding hydrogens is 776 g/mol. The van der Waals surface area contributed by atoms with Crippen LogP contribution in [0.1, 0.15) is 139 Å². The number of esters is 2. The van der Waals surface area contributed by atoms with Crippen LogP contribution in [0.2, 0.25) is 5.02 Å². The minimum absolute atomic E-state index is 0.00240. The number of ether oxygens (including phenoxy) is 2. The Morgan fingerprint density at radius 1 is 0.900 bits per heavy atom. The molecule has 9 atom stereocenters. The maximum absolute atomic E-state index is 14.6. The van der Waals surface area contributed by atoms with Crippen molar-refractivity contribution in [2.75, 3.05) is 33.7 Å². The fourth-order valence-corrected chi connectivity index (χ4v) is 14.2. The van der Waals surface area contributed by atoms with Crippen LogP contribution in [0.15, 0.2) is 35.4 Å². The highest BCUT2D eigenvalue weighted by atomic mass is 35.5. The van der Waals surface area contributed by atoms with E-state index < -0.39 is 28.9 Å². The van der Waals surface area contributed by atoms with E-state index in [0.717, 1.165) is 75.6 Å². The fraction of sp³-hybridized carbons (Fsp3) is 0.760. The van der Waals surface area contributed by atoms with E-state index in [0.29, 0.717) is 36.4 Å². The Morgan fingerprint density at radius 2 is 1.57 bits per heavy atom. The fourth-order valence-electron chi connectivity index (χ4n) is 14.1. The number of nitrogens with zero attached hydrogens (tertiary/aromatic N) is 2. The molecule has 5 aliphatic rings. The zero-order chi connectivity index (χ0) is 44.4. The van der Waals surface area contributed by atoms with Gasteiger partial charge in [-0.3, -0.25) is 24.1 Å². The number of rotatable bonds is 14. The van der Waals surface area contributed by atoms with E-state index in [1.54, 1.807) is 13.8 Å². The van der Waals surface area contributed by atoms with Gasteiger partial charge in [-0.2, -0.15) is 0 Å². The Hall–Kier alpha value is -2.75. The number of carboxylic acids is 1. The number of carbonyl (C=O) groups excluding carboxylic acids is 3. The van der Waals surface area contributed by atoms with Crippen molar-refractivity contribution in [2.45, 2.75) is 152 Å². The molecule has 0 saturated heterocycles. The van der Waals surface area contributed by atoms with Crippen molar-refractivity contribution in [3.8, 4) is 0 Å². The number of likely N-dealkylation sites (N-methyl/N-ethyl adjacent to an activating group) is 1. The molecule has 0 radical (unpaired) electrons. The molecule has 9 nitrogen and oxygen atoms in total. The number of halogens is 1. The predicted molar refractivity (Wildman–Crippen MR) is 236 cm³/mol. The van der Waals surface area contributed by atoms with Crippen LogP contribution in [-0.2, 0) is 35.2 Å². The van der Waals surface area contributed by atoms with Crippen LogP contribution in [0.5, 0.6) is 0 Å². The van der Waals surface area contributed by atoms with E-state index in [2.05, 4.69) is 84.5 Å². The molecular formula is C50H75ClN2O7. The van der Waals surface area contributed by atoms with Crippen LogP contribution in [0.3, 0.4) is 0 Å².